The molecule has 0 aromatic heterocycles. The lowest BCUT2D eigenvalue weighted by molar-refractivity contribution is -0.137. The molecule has 1 aliphatic carbocycles. The molecule has 0 amide bonds. The van der Waals surface area contributed by atoms with Crippen LogP contribution in [-0.2, 0) is 10.2 Å². The molecular formula is C18H14ClNO3. The minimum atomic E-state index is -0.608. The van der Waals surface area contributed by atoms with E-state index in [4.69, 9.17) is 26.3 Å². The van der Waals surface area contributed by atoms with Crippen LogP contribution < -0.4 is 9.47 Å². The van der Waals surface area contributed by atoms with Gasteiger partial charge in [-0.15, -0.1) is 0 Å². The summed E-state index contributed by atoms with van der Waals surface area (Å²) in [4.78, 5) is 12.6. The van der Waals surface area contributed by atoms with Gasteiger partial charge in [-0.2, -0.15) is 5.26 Å². The van der Waals surface area contributed by atoms with Gasteiger partial charge in [-0.25, -0.2) is 0 Å². The predicted molar refractivity (Wildman–Crippen MR) is 85.7 cm³/mol. The largest absolute Gasteiger partial charge is 0.493 e. The lowest BCUT2D eigenvalue weighted by Crippen LogP contribution is -2.26. The van der Waals surface area contributed by atoms with E-state index in [1.165, 1.54) is 7.11 Å². The number of rotatable bonds is 4. The van der Waals surface area contributed by atoms with Crippen LogP contribution in [0.1, 0.15) is 24.0 Å². The molecule has 0 spiro atoms. The van der Waals surface area contributed by atoms with Crippen molar-refractivity contribution < 1.29 is 14.3 Å². The van der Waals surface area contributed by atoms with Gasteiger partial charge in [-0.3, -0.25) is 4.79 Å². The van der Waals surface area contributed by atoms with Crippen molar-refractivity contribution in [3.05, 3.63) is 58.6 Å². The number of nitriles is 1. The molecule has 2 aromatic rings. The smallest absolute Gasteiger partial charge is 0.322 e. The number of hydrogen-bond acceptors (Lipinski definition) is 4. The summed E-state index contributed by atoms with van der Waals surface area (Å²) in [6.07, 6.45) is 1.48. The number of halogens is 1. The Labute approximate surface area is 139 Å². The Balaban J connectivity index is 1.85. The number of hydrogen-bond donors (Lipinski definition) is 0. The first-order valence-corrected chi connectivity index (χ1v) is 7.53. The molecule has 0 radical (unpaired) electrons. The Morgan fingerprint density at radius 3 is 2.43 bits per heavy atom. The molecule has 23 heavy (non-hydrogen) atoms. The molecule has 4 nitrogen and oxygen atoms in total. The van der Waals surface area contributed by atoms with Crippen molar-refractivity contribution in [1.29, 1.82) is 5.26 Å². The monoisotopic (exact) mass is 327 g/mol. The van der Waals surface area contributed by atoms with Crippen molar-refractivity contribution in [2.75, 3.05) is 7.11 Å². The maximum atomic E-state index is 12.6. The highest BCUT2D eigenvalue weighted by atomic mass is 35.5. The third-order valence-electron chi connectivity index (χ3n) is 4.03. The third-order valence-corrected chi connectivity index (χ3v) is 4.28. The zero-order valence-electron chi connectivity index (χ0n) is 12.5. The van der Waals surface area contributed by atoms with Gasteiger partial charge in [0.1, 0.15) is 0 Å². The first kappa shape index (κ1) is 15.4. The van der Waals surface area contributed by atoms with Gasteiger partial charge in [0.05, 0.1) is 24.2 Å². The molecule has 0 heterocycles. The number of carbonyl (C=O) groups is 1. The van der Waals surface area contributed by atoms with E-state index in [9.17, 15) is 4.79 Å². The number of benzene rings is 2. The van der Waals surface area contributed by atoms with Crippen LogP contribution in [0.3, 0.4) is 0 Å². The standard InChI is InChI=1S/C18H14ClNO3/c1-22-16-10-12(11-20)2-7-15(16)23-17(21)18(8-9-18)13-3-5-14(19)6-4-13/h2-7,10H,8-9H2,1H3. The molecule has 3 rings (SSSR count). The van der Waals surface area contributed by atoms with Gasteiger partial charge in [0.25, 0.3) is 0 Å². The van der Waals surface area contributed by atoms with Gasteiger partial charge in [0.2, 0.25) is 0 Å². The first-order chi connectivity index (χ1) is 11.1. The zero-order chi connectivity index (χ0) is 16.4. The van der Waals surface area contributed by atoms with E-state index in [2.05, 4.69) is 0 Å². The molecule has 5 heteroatoms. The molecule has 0 saturated heterocycles. The Morgan fingerprint density at radius 2 is 1.87 bits per heavy atom. The van der Waals surface area contributed by atoms with E-state index < -0.39 is 5.41 Å². The Morgan fingerprint density at radius 1 is 1.17 bits per heavy atom. The Hall–Kier alpha value is -2.51. The van der Waals surface area contributed by atoms with Crippen molar-refractivity contribution in [3.8, 4) is 17.6 Å². The summed E-state index contributed by atoms with van der Waals surface area (Å²) in [5.74, 6) is 0.365. The van der Waals surface area contributed by atoms with E-state index in [1.54, 1.807) is 30.3 Å². The van der Waals surface area contributed by atoms with Crippen LogP contribution in [0.2, 0.25) is 5.02 Å². The summed E-state index contributed by atoms with van der Waals surface area (Å²) in [6.45, 7) is 0. The highest BCUT2D eigenvalue weighted by molar-refractivity contribution is 6.30. The Kier molecular flexibility index (Phi) is 3.97. The average molecular weight is 328 g/mol. The molecule has 0 aliphatic heterocycles. The van der Waals surface area contributed by atoms with E-state index in [-0.39, 0.29) is 5.97 Å². The summed E-state index contributed by atoms with van der Waals surface area (Å²) in [7, 11) is 1.47. The van der Waals surface area contributed by atoms with Gasteiger partial charge in [0, 0.05) is 11.1 Å². The molecular weight excluding hydrogens is 314 g/mol. The summed E-state index contributed by atoms with van der Waals surface area (Å²) in [5, 5.41) is 9.55. The predicted octanol–water partition coefficient (Wildman–Crippen LogP) is 3.86. The van der Waals surface area contributed by atoms with Crippen LogP contribution in [0.4, 0.5) is 0 Å². The van der Waals surface area contributed by atoms with Crippen molar-refractivity contribution in [2.45, 2.75) is 18.3 Å². The summed E-state index contributed by atoms with van der Waals surface area (Å²) < 4.78 is 10.7. The highest BCUT2D eigenvalue weighted by Crippen LogP contribution is 2.49. The van der Waals surface area contributed by atoms with Crippen LogP contribution in [0.25, 0.3) is 0 Å². The minimum Gasteiger partial charge on any atom is -0.493 e. The molecule has 0 atom stereocenters. The molecule has 1 saturated carbocycles. The third kappa shape index (κ3) is 2.88. The fourth-order valence-electron chi connectivity index (χ4n) is 2.52. The second-order valence-electron chi connectivity index (χ2n) is 5.46. The first-order valence-electron chi connectivity index (χ1n) is 7.15. The van der Waals surface area contributed by atoms with Crippen molar-refractivity contribution in [1.82, 2.24) is 0 Å². The van der Waals surface area contributed by atoms with E-state index in [0.717, 1.165) is 18.4 Å². The topological polar surface area (TPSA) is 59.3 Å². The SMILES string of the molecule is COc1cc(C#N)ccc1OC(=O)C1(c2ccc(Cl)cc2)CC1. The normalized spacial score (nSPS) is 14.7. The molecule has 1 aliphatic rings. The van der Waals surface area contributed by atoms with Crippen molar-refractivity contribution in [3.63, 3.8) is 0 Å². The van der Waals surface area contributed by atoms with Gasteiger partial charge in [0.15, 0.2) is 11.5 Å². The second kappa shape index (κ2) is 5.94. The van der Waals surface area contributed by atoms with Crippen LogP contribution in [0.5, 0.6) is 11.5 Å². The van der Waals surface area contributed by atoms with Gasteiger partial charge < -0.3 is 9.47 Å². The summed E-state index contributed by atoms with van der Waals surface area (Å²) in [6, 6.07) is 14.0. The van der Waals surface area contributed by atoms with E-state index in [0.29, 0.717) is 22.1 Å². The van der Waals surface area contributed by atoms with E-state index >= 15 is 0 Å². The number of methoxy groups -OCH3 is 1. The van der Waals surface area contributed by atoms with Gasteiger partial charge in [-0.1, -0.05) is 23.7 Å². The molecule has 0 bridgehead atoms. The molecule has 1 fully saturated rings. The van der Waals surface area contributed by atoms with Gasteiger partial charge >= 0.3 is 5.97 Å². The average Bonchev–Trinajstić information content (AvgIpc) is 3.37. The molecule has 116 valence electrons. The van der Waals surface area contributed by atoms with Crippen LogP contribution in [0.15, 0.2) is 42.5 Å². The maximum absolute atomic E-state index is 12.6. The number of esters is 1. The lowest BCUT2D eigenvalue weighted by Gasteiger charge is -2.16. The van der Waals surface area contributed by atoms with Gasteiger partial charge in [-0.05, 0) is 42.7 Å². The highest BCUT2D eigenvalue weighted by Gasteiger charge is 2.53. The quantitative estimate of drug-likeness (QED) is 0.632. The fraction of sp³-hybridized carbons (Fsp3) is 0.222. The van der Waals surface area contributed by atoms with Crippen LogP contribution in [0, 0.1) is 11.3 Å². The van der Waals surface area contributed by atoms with Crippen LogP contribution >= 0.6 is 11.6 Å². The number of carbonyl (C=O) groups excluding carboxylic acids is 1. The number of ether oxygens (including phenoxy) is 2. The minimum absolute atomic E-state index is 0.316. The summed E-state index contributed by atoms with van der Waals surface area (Å²) in [5.41, 5.74) is 0.740. The molecule has 0 N–H and O–H groups in total. The van der Waals surface area contributed by atoms with Crippen molar-refractivity contribution >= 4 is 17.6 Å². The second-order valence-corrected chi connectivity index (χ2v) is 5.89. The molecule has 0 unspecified atom stereocenters. The lowest BCUT2D eigenvalue weighted by atomic mass is 9.96. The zero-order valence-corrected chi connectivity index (χ0v) is 13.3. The Bertz CT molecular complexity index is 789. The van der Waals surface area contributed by atoms with Crippen LogP contribution in [-0.4, -0.2) is 13.1 Å². The molecule has 2 aromatic carbocycles. The number of nitrogens with zero attached hydrogens (tertiary/aromatic N) is 1. The van der Waals surface area contributed by atoms with Crippen molar-refractivity contribution in [2.24, 2.45) is 0 Å². The maximum Gasteiger partial charge on any atom is 0.322 e. The summed E-state index contributed by atoms with van der Waals surface area (Å²) >= 11 is 5.90. The fourth-order valence-corrected chi connectivity index (χ4v) is 2.65. The van der Waals surface area contributed by atoms with E-state index in [1.807, 2.05) is 18.2 Å².